The van der Waals surface area contributed by atoms with Gasteiger partial charge in [0.2, 0.25) is 5.84 Å². The lowest BCUT2D eigenvalue weighted by Gasteiger charge is -2.36. The first-order valence-corrected chi connectivity index (χ1v) is 9.15. The Morgan fingerprint density at radius 2 is 1.81 bits per heavy atom. The minimum Gasteiger partial charge on any atom is -0.384 e. The SMILES string of the molecule is CC(C)C[N+]1(c2ccc(Cl)cc2)C(CO)=Nc2cnc3ccccc3c21. The minimum absolute atomic E-state index is 0.113. The molecular formula is C21H21ClN3O+. The molecule has 1 aliphatic heterocycles. The number of amidine groups is 1. The summed E-state index contributed by atoms with van der Waals surface area (Å²) in [5.74, 6) is 1.11. The van der Waals surface area contributed by atoms with E-state index in [2.05, 4.69) is 24.9 Å². The van der Waals surface area contributed by atoms with Crippen LogP contribution in [0.5, 0.6) is 0 Å². The number of pyridine rings is 1. The van der Waals surface area contributed by atoms with Gasteiger partial charge in [-0.15, -0.1) is 0 Å². The first-order valence-electron chi connectivity index (χ1n) is 8.78. The van der Waals surface area contributed by atoms with Gasteiger partial charge in [-0.3, -0.25) is 4.98 Å². The molecule has 5 heteroatoms. The smallest absolute Gasteiger partial charge is 0.240 e. The molecule has 2 aromatic carbocycles. The van der Waals surface area contributed by atoms with E-state index in [9.17, 15) is 5.11 Å². The van der Waals surface area contributed by atoms with Crippen LogP contribution in [0.2, 0.25) is 5.02 Å². The summed E-state index contributed by atoms with van der Waals surface area (Å²) in [6, 6.07) is 16.0. The van der Waals surface area contributed by atoms with E-state index in [0.717, 1.165) is 34.5 Å². The van der Waals surface area contributed by atoms with Crippen molar-refractivity contribution in [3.63, 3.8) is 0 Å². The molecule has 0 spiro atoms. The fourth-order valence-electron chi connectivity index (χ4n) is 3.93. The first-order chi connectivity index (χ1) is 12.6. The predicted molar refractivity (Wildman–Crippen MR) is 109 cm³/mol. The molecule has 0 bridgehead atoms. The first kappa shape index (κ1) is 17.2. The van der Waals surface area contributed by atoms with Gasteiger partial charge in [0.25, 0.3) is 0 Å². The van der Waals surface area contributed by atoms with Crippen LogP contribution in [0.1, 0.15) is 13.8 Å². The maximum absolute atomic E-state index is 10.2. The molecule has 1 aliphatic rings. The number of hydrogen-bond acceptors (Lipinski definition) is 3. The molecule has 26 heavy (non-hydrogen) atoms. The Labute approximate surface area is 158 Å². The molecule has 0 amide bonds. The third-order valence-corrected chi connectivity index (χ3v) is 5.10. The van der Waals surface area contributed by atoms with E-state index in [1.54, 1.807) is 0 Å². The van der Waals surface area contributed by atoms with Crippen LogP contribution in [0, 0.1) is 5.92 Å². The summed E-state index contributed by atoms with van der Waals surface area (Å²) in [7, 11) is 0. The van der Waals surface area contributed by atoms with E-state index in [1.807, 2.05) is 48.7 Å². The van der Waals surface area contributed by atoms with Gasteiger partial charge >= 0.3 is 0 Å². The topological polar surface area (TPSA) is 45.5 Å². The molecule has 3 aromatic rings. The van der Waals surface area contributed by atoms with Crippen molar-refractivity contribution in [3.05, 3.63) is 59.8 Å². The number of rotatable bonds is 4. The van der Waals surface area contributed by atoms with E-state index in [0.29, 0.717) is 21.3 Å². The second kappa shape index (κ2) is 6.47. The lowest BCUT2D eigenvalue weighted by atomic mass is 10.0. The number of aliphatic imine (C=N–C) groups is 1. The molecule has 1 N–H and O–H groups in total. The Kier molecular flexibility index (Phi) is 4.27. The van der Waals surface area contributed by atoms with E-state index in [4.69, 9.17) is 16.6 Å². The zero-order chi connectivity index (χ0) is 18.3. The van der Waals surface area contributed by atoms with Crippen LogP contribution in [0.4, 0.5) is 17.1 Å². The second-order valence-electron chi connectivity index (χ2n) is 7.06. The van der Waals surface area contributed by atoms with Crippen LogP contribution in [-0.4, -0.2) is 29.1 Å². The monoisotopic (exact) mass is 366 g/mol. The van der Waals surface area contributed by atoms with Crippen LogP contribution in [0.25, 0.3) is 10.9 Å². The molecule has 0 fully saturated rings. The molecule has 1 unspecified atom stereocenters. The molecular weight excluding hydrogens is 346 g/mol. The third kappa shape index (κ3) is 2.53. The average molecular weight is 367 g/mol. The fourth-order valence-corrected chi connectivity index (χ4v) is 4.06. The number of nitrogens with zero attached hydrogens (tertiary/aromatic N) is 3. The zero-order valence-electron chi connectivity index (χ0n) is 14.9. The minimum atomic E-state index is -0.113. The van der Waals surface area contributed by atoms with Gasteiger partial charge < -0.3 is 5.11 Å². The summed E-state index contributed by atoms with van der Waals surface area (Å²) in [4.78, 5) is 9.32. The predicted octanol–water partition coefficient (Wildman–Crippen LogP) is 5.22. The van der Waals surface area contributed by atoms with Gasteiger partial charge in [-0.05, 0) is 24.3 Å². The lowest BCUT2D eigenvalue weighted by Crippen LogP contribution is -2.51. The van der Waals surface area contributed by atoms with Gasteiger partial charge in [0.1, 0.15) is 18.0 Å². The summed E-state index contributed by atoms with van der Waals surface area (Å²) in [5, 5.41) is 11.9. The van der Waals surface area contributed by atoms with E-state index in [1.165, 1.54) is 0 Å². The van der Waals surface area contributed by atoms with Gasteiger partial charge in [-0.1, -0.05) is 37.6 Å². The quantitative estimate of drug-likeness (QED) is 0.643. The van der Waals surface area contributed by atoms with E-state index in [-0.39, 0.29) is 6.61 Å². The van der Waals surface area contributed by atoms with Crippen molar-refractivity contribution in [2.45, 2.75) is 13.8 Å². The Bertz CT molecular complexity index is 998. The molecule has 132 valence electrons. The Balaban J connectivity index is 2.09. The number of aliphatic hydroxyl groups is 1. The average Bonchev–Trinajstić information content (AvgIpc) is 2.96. The highest BCUT2D eigenvalue weighted by molar-refractivity contribution is 6.30. The Morgan fingerprint density at radius 1 is 1.08 bits per heavy atom. The number of halogens is 1. The van der Waals surface area contributed by atoms with Gasteiger partial charge in [0.05, 0.1) is 23.6 Å². The normalized spacial score (nSPS) is 19.0. The van der Waals surface area contributed by atoms with Crippen molar-refractivity contribution < 1.29 is 5.11 Å². The van der Waals surface area contributed by atoms with Gasteiger partial charge in [-0.2, -0.15) is 4.99 Å². The molecule has 0 saturated carbocycles. The summed E-state index contributed by atoms with van der Waals surface area (Å²) in [5.41, 5.74) is 3.88. The standard InChI is InChI=1S/C21H21ClN3O/c1-14(2)12-25(16-9-7-15(22)8-10-16)20(13-26)24-19-11-23-18-6-4-3-5-17(18)21(19)25/h3-11,14,26H,12-13H2,1-2H3/q+1. The molecule has 1 aromatic heterocycles. The van der Waals surface area contributed by atoms with Crippen molar-refractivity contribution in [2.75, 3.05) is 13.2 Å². The molecule has 4 rings (SSSR count). The molecule has 0 aliphatic carbocycles. The zero-order valence-corrected chi connectivity index (χ0v) is 15.6. The maximum atomic E-state index is 10.2. The fraction of sp³-hybridized carbons (Fsp3) is 0.238. The highest BCUT2D eigenvalue weighted by atomic mass is 35.5. The van der Waals surface area contributed by atoms with Crippen LogP contribution in [-0.2, 0) is 0 Å². The van der Waals surface area contributed by atoms with E-state index < -0.39 is 0 Å². The molecule has 0 saturated heterocycles. The van der Waals surface area contributed by atoms with Crippen molar-refractivity contribution in [1.29, 1.82) is 0 Å². The lowest BCUT2D eigenvalue weighted by molar-refractivity contribution is 0.335. The van der Waals surface area contributed by atoms with Crippen LogP contribution < -0.4 is 4.48 Å². The highest BCUT2D eigenvalue weighted by Crippen LogP contribution is 2.50. The van der Waals surface area contributed by atoms with Crippen molar-refractivity contribution in [3.8, 4) is 0 Å². The molecule has 1 atom stereocenters. The number of quaternary nitrogens is 1. The van der Waals surface area contributed by atoms with Crippen molar-refractivity contribution >= 4 is 45.4 Å². The van der Waals surface area contributed by atoms with Crippen LogP contribution in [0.3, 0.4) is 0 Å². The highest BCUT2D eigenvalue weighted by Gasteiger charge is 2.47. The van der Waals surface area contributed by atoms with Crippen LogP contribution in [0.15, 0.2) is 59.7 Å². The second-order valence-corrected chi connectivity index (χ2v) is 7.49. The molecule has 4 nitrogen and oxygen atoms in total. The third-order valence-electron chi connectivity index (χ3n) is 4.85. The summed E-state index contributed by atoms with van der Waals surface area (Å²) < 4.78 is 0.406. The number of aliphatic hydroxyl groups excluding tert-OH is 1. The van der Waals surface area contributed by atoms with Crippen molar-refractivity contribution in [2.24, 2.45) is 10.9 Å². The molecule has 2 heterocycles. The van der Waals surface area contributed by atoms with Gasteiger partial charge in [0, 0.05) is 23.1 Å². The number of para-hydroxylation sites is 1. The summed E-state index contributed by atoms with van der Waals surface area (Å²) in [6.45, 7) is 5.05. The summed E-state index contributed by atoms with van der Waals surface area (Å²) in [6.07, 6.45) is 1.81. The van der Waals surface area contributed by atoms with Crippen LogP contribution >= 0.6 is 11.6 Å². The number of aromatic nitrogens is 1. The summed E-state index contributed by atoms with van der Waals surface area (Å²) >= 11 is 6.14. The number of benzene rings is 2. The number of hydrogen-bond donors (Lipinski definition) is 1. The Hall–Kier alpha value is -2.27. The maximum Gasteiger partial charge on any atom is 0.240 e. The van der Waals surface area contributed by atoms with Gasteiger partial charge in [-0.25, -0.2) is 4.48 Å². The van der Waals surface area contributed by atoms with E-state index >= 15 is 0 Å². The Morgan fingerprint density at radius 3 is 2.50 bits per heavy atom. The van der Waals surface area contributed by atoms with Gasteiger partial charge in [0.15, 0.2) is 5.69 Å². The molecule has 0 radical (unpaired) electrons. The largest absolute Gasteiger partial charge is 0.384 e. The van der Waals surface area contributed by atoms with Crippen molar-refractivity contribution in [1.82, 2.24) is 9.47 Å². The number of fused-ring (bicyclic) bond motifs is 3.